The molecule has 4 saturated carbocycles. The molecule has 6 heteroatoms. The third-order valence-corrected chi connectivity index (χ3v) is 12.8. The summed E-state index contributed by atoms with van der Waals surface area (Å²) in [7, 11) is 2.04. The van der Waals surface area contributed by atoms with E-state index < -0.39 is 0 Å². The Morgan fingerprint density at radius 2 is 1.82 bits per heavy atom. The molecule has 39 heavy (non-hydrogen) atoms. The fourth-order valence-corrected chi connectivity index (χ4v) is 10.6. The van der Waals surface area contributed by atoms with Gasteiger partial charge in [0.05, 0.1) is 36.4 Å². The normalized spacial score (nSPS) is 43.9. The first-order chi connectivity index (χ1) is 18.4. The molecule has 216 valence electrons. The number of hydrogen-bond acceptors (Lipinski definition) is 5. The molecule has 0 bridgehead atoms. The van der Waals surface area contributed by atoms with Crippen molar-refractivity contribution in [2.75, 3.05) is 23.5 Å². The van der Waals surface area contributed by atoms with Gasteiger partial charge in [0.15, 0.2) is 0 Å². The van der Waals surface area contributed by atoms with Gasteiger partial charge in [0.1, 0.15) is 0 Å². The number of rotatable bonds is 4. The van der Waals surface area contributed by atoms with E-state index in [-0.39, 0.29) is 41.0 Å². The summed E-state index contributed by atoms with van der Waals surface area (Å²) in [6, 6.07) is 6.30. The van der Waals surface area contributed by atoms with Crippen molar-refractivity contribution in [1.29, 1.82) is 0 Å². The Labute approximate surface area is 234 Å². The molecule has 3 N–H and O–H groups in total. The molecule has 1 aromatic carbocycles. The van der Waals surface area contributed by atoms with Crippen LogP contribution in [0.1, 0.15) is 84.1 Å². The maximum Gasteiger partial charge on any atom is 0.228 e. The summed E-state index contributed by atoms with van der Waals surface area (Å²) in [5.41, 5.74) is 3.21. The van der Waals surface area contributed by atoms with Crippen LogP contribution in [0, 0.1) is 53.3 Å². The van der Waals surface area contributed by atoms with Crippen LogP contribution in [0.4, 0.5) is 11.4 Å². The molecule has 6 rings (SSSR count). The van der Waals surface area contributed by atoms with E-state index in [4.69, 9.17) is 0 Å². The highest BCUT2D eigenvalue weighted by atomic mass is 16.3. The van der Waals surface area contributed by atoms with Crippen molar-refractivity contribution in [2.45, 2.75) is 104 Å². The molecule has 6 nitrogen and oxygen atoms in total. The van der Waals surface area contributed by atoms with E-state index in [0.29, 0.717) is 42.7 Å². The van der Waals surface area contributed by atoms with Gasteiger partial charge in [0.25, 0.3) is 0 Å². The van der Waals surface area contributed by atoms with E-state index in [9.17, 15) is 20.1 Å². The molecule has 5 aliphatic rings. The molecule has 0 aromatic heterocycles. The first kappa shape index (κ1) is 27.5. The van der Waals surface area contributed by atoms with Crippen molar-refractivity contribution in [3.63, 3.8) is 0 Å². The van der Waals surface area contributed by atoms with Gasteiger partial charge in [-0.3, -0.25) is 9.69 Å². The van der Waals surface area contributed by atoms with E-state index in [2.05, 4.69) is 50.8 Å². The highest BCUT2D eigenvalue weighted by Crippen LogP contribution is 2.68. The van der Waals surface area contributed by atoms with Gasteiger partial charge in [-0.1, -0.05) is 26.8 Å². The average molecular weight is 539 g/mol. The van der Waals surface area contributed by atoms with Gasteiger partial charge >= 0.3 is 0 Å². The maximum atomic E-state index is 13.4. The minimum absolute atomic E-state index is 0.0965. The molecule has 4 aliphatic carbocycles. The largest absolute Gasteiger partial charge is 0.393 e. The predicted molar refractivity (Wildman–Crippen MR) is 154 cm³/mol. The van der Waals surface area contributed by atoms with Crippen LogP contribution in [0.2, 0.25) is 0 Å². The van der Waals surface area contributed by atoms with Gasteiger partial charge in [-0.15, -0.1) is 0 Å². The van der Waals surface area contributed by atoms with Crippen LogP contribution in [0.5, 0.6) is 0 Å². The maximum absolute atomic E-state index is 13.4. The minimum atomic E-state index is -0.383. The Hall–Kier alpha value is -1.63. The fraction of sp³-hybridized carbons (Fsp3) is 0.788. The smallest absolute Gasteiger partial charge is 0.228 e. The van der Waals surface area contributed by atoms with E-state index in [0.717, 1.165) is 62.7 Å². The van der Waals surface area contributed by atoms with Crippen LogP contribution in [0.15, 0.2) is 18.2 Å². The monoisotopic (exact) mass is 538 g/mol. The van der Waals surface area contributed by atoms with Gasteiger partial charge in [-0.2, -0.15) is 0 Å². The standard InChI is InChI=1S/C33H50N2O4/c1-19-6-10-26-27(14-19)34(5)18-35(26)30(39)11-7-20(2)23-8-9-24-31-25(17-29(38)33(23,24)4)32(3)13-12-22(36)15-21(32)16-28(31)37/h6,10,14,20-25,28-29,31,36-38H,7-9,11-13,15-18H2,1-5H3/t20-,21+,22-,23-,24+,25+,28-,29+,31+,32+,33-/m1/s1. The number of aliphatic hydroxyl groups is 3. The Balaban J connectivity index is 1.16. The topological polar surface area (TPSA) is 84.2 Å². The van der Waals surface area contributed by atoms with Gasteiger partial charge in [-0.05, 0) is 122 Å². The summed E-state index contributed by atoms with van der Waals surface area (Å²) in [5.74, 6) is 2.08. The SMILES string of the molecule is Cc1ccc2c(c1)N(C)CN2C(=O)CC[C@@H](C)[C@H]1CC[C@H]2[C@@H]3[C@H](O)C[C@@H]4C[C@H](O)CC[C@]4(C)[C@H]3C[C@H](O)[C@]12C. The van der Waals surface area contributed by atoms with Gasteiger partial charge in [0.2, 0.25) is 5.91 Å². The molecular weight excluding hydrogens is 488 g/mol. The Morgan fingerprint density at radius 1 is 1.05 bits per heavy atom. The van der Waals surface area contributed by atoms with E-state index in [1.165, 1.54) is 5.56 Å². The number of amides is 1. The highest BCUT2D eigenvalue weighted by Gasteiger charge is 2.65. The third-order valence-electron chi connectivity index (χ3n) is 12.8. The average Bonchev–Trinajstić information content (AvgIpc) is 3.41. The predicted octanol–water partition coefficient (Wildman–Crippen LogP) is 5.11. The Bertz CT molecular complexity index is 1110. The van der Waals surface area contributed by atoms with E-state index >= 15 is 0 Å². The first-order valence-electron chi connectivity index (χ1n) is 15.6. The molecule has 11 atom stereocenters. The second kappa shape index (κ2) is 9.73. The van der Waals surface area contributed by atoms with Crippen LogP contribution in [-0.4, -0.2) is 53.3 Å². The van der Waals surface area contributed by atoms with Crippen LogP contribution < -0.4 is 9.80 Å². The molecule has 0 unspecified atom stereocenters. The fourth-order valence-electron chi connectivity index (χ4n) is 10.6. The number of anilines is 2. The van der Waals surface area contributed by atoms with Crippen LogP contribution in [0.25, 0.3) is 0 Å². The second-order valence-electron chi connectivity index (χ2n) is 14.7. The lowest BCUT2D eigenvalue weighted by Gasteiger charge is -2.63. The summed E-state index contributed by atoms with van der Waals surface area (Å²) < 4.78 is 0. The van der Waals surface area contributed by atoms with Crippen molar-refractivity contribution >= 4 is 17.3 Å². The number of benzene rings is 1. The van der Waals surface area contributed by atoms with Gasteiger partial charge < -0.3 is 20.2 Å². The molecule has 1 heterocycles. The van der Waals surface area contributed by atoms with Crippen molar-refractivity contribution < 1.29 is 20.1 Å². The van der Waals surface area contributed by atoms with E-state index in [1.807, 2.05) is 11.9 Å². The van der Waals surface area contributed by atoms with Gasteiger partial charge in [-0.25, -0.2) is 0 Å². The van der Waals surface area contributed by atoms with Crippen LogP contribution >= 0.6 is 0 Å². The van der Waals surface area contributed by atoms with E-state index in [1.54, 1.807) is 0 Å². The summed E-state index contributed by atoms with van der Waals surface area (Å²) in [4.78, 5) is 17.5. The number of fused-ring (bicyclic) bond motifs is 6. The minimum Gasteiger partial charge on any atom is -0.393 e. The molecule has 1 aliphatic heterocycles. The Morgan fingerprint density at radius 3 is 2.59 bits per heavy atom. The Kier molecular flexibility index (Phi) is 6.87. The summed E-state index contributed by atoms with van der Waals surface area (Å²) in [6.07, 6.45) is 6.68. The summed E-state index contributed by atoms with van der Waals surface area (Å²) >= 11 is 0. The van der Waals surface area contributed by atoms with Crippen molar-refractivity contribution in [3.8, 4) is 0 Å². The quantitative estimate of drug-likeness (QED) is 0.496. The van der Waals surface area contributed by atoms with Crippen molar-refractivity contribution in [3.05, 3.63) is 23.8 Å². The highest BCUT2D eigenvalue weighted by molar-refractivity contribution is 5.99. The number of nitrogens with zero attached hydrogens (tertiary/aromatic N) is 2. The summed E-state index contributed by atoms with van der Waals surface area (Å²) in [5, 5.41) is 33.7. The van der Waals surface area contributed by atoms with Crippen molar-refractivity contribution in [1.82, 2.24) is 0 Å². The van der Waals surface area contributed by atoms with Gasteiger partial charge in [0, 0.05) is 13.5 Å². The zero-order valence-electron chi connectivity index (χ0n) is 24.6. The summed E-state index contributed by atoms with van der Waals surface area (Å²) in [6.45, 7) is 9.66. The molecule has 1 aromatic rings. The molecular formula is C33H50N2O4. The molecule has 1 amide bonds. The lowest BCUT2D eigenvalue weighted by molar-refractivity contribution is -0.207. The third kappa shape index (κ3) is 4.18. The number of aliphatic hydroxyl groups excluding tert-OH is 3. The first-order valence-corrected chi connectivity index (χ1v) is 15.6. The lowest BCUT2D eigenvalue weighted by Crippen LogP contribution is -2.62. The number of aryl methyl sites for hydroxylation is 1. The number of carbonyl (C=O) groups is 1. The second-order valence-corrected chi connectivity index (χ2v) is 14.7. The molecule has 0 radical (unpaired) electrons. The molecule has 0 spiro atoms. The molecule has 0 saturated heterocycles. The van der Waals surface area contributed by atoms with Crippen LogP contribution in [-0.2, 0) is 4.79 Å². The number of carbonyl (C=O) groups excluding carboxylic acids is 1. The number of hydrogen-bond donors (Lipinski definition) is 3. The van der Waals surface area contributed by atoms with Crippen molar-refractivity contribution in [2.24, 2.45) is 46.3 Å². The lowest BCUT2D eigenvalue weighted by atomic mass is 9.43. The zero-order valence-corrected chi connectivity index (χ0v) is 24.6. The zero-order chi connectivity index (χ0) is 27.9. The van der Waals surface area contributed by atoms with Crippen LogP contribution in [0.3, 0.4) is 0 Å². The molecule has 4 fully saturated rings.